The topological polar surface area (TPSA) is 15.3 Å². The Balaban J connectivity index is 2.53. The zero-order chi connectivity index (χ0) is 7.72. The van der Waals surface area contributed by atoms with Gasteiger partial charge in [0, 0.05) is 12.1 Å². The minimum absolute atomic E-state index is 0.519. The number of nitrogens with one attached hydrogen (secondary N) is 1. The van der Waals surface area contributed by atoms with E-state index in [1.807, 2.05) is 11.8 Å². The maximum absolute atomic E-state index is 3.49. The van der Waals surface area contributed by atoms with Gasteiger partial charge in [-0.3, -0.25) is 10.2 Å². The summed E-state index contributed by atoms with van der Waals surface area (Å²) < 4.78 is 0. The largest absolute Gasteiger partial charge is 0.289 e. The van der Waals surface area contributed by atoms with E-state index in [-0.39, 0.29) is 0 Å². The van der Waals surface area contributed by atoms with Crippen LogP contribution in [0.4, 0.5) is 0 Å². The first-order valence-electron chi connectivity index (χ1n) is 3.67. The summed E-state index contributed by atoms with van der Waals surface area (Å²) >= 11 is 1.86. The molecule has 0 aromatic rings. The van der Waals surface area contributed by atoms with Gasteiger partial charge >= 0.3 is 0 Å². The van der Waals surface area contributed by atoms with Crippen LogP contribution in [0.15, 0.2) is 0 Å². The average Bonchev–Trinajstić information content (AvgIpc) is 2.17. The van der Waals surface area contributed by atoms with E-state index < -0.39 is 0 Å². The molecule has 0 saturated carbocycles. The van der Waals surface area contributed by atoms with Gasteiger partial charge in [-0.2, -0.15) is 0 Å². The Morgan fingerprint density at radius 1 is 1.40 bits per heavy atom. The minimum Gasteiger partial charge on any atom is -0.289 e. The predicted octanol–water partition coefficient (Wildman–Crippen LogP) is 0.945. The summed E-state index contributed by atoms with van der Waals surface area (Å²) in [6.45, 7) is 4.49. The van der Waals surface area contributed by atoms with Crippen molar-refractivity contribution in [1.82, 2.24) is 10.2 Å². The monoisotopic (exact) mass is 160 g/mol. The molecule has 1 aliphatic rings. The number of likely N-dealkylation sites (N-methyl/N-ethyl adjacent to an activating group) is 1. The molecule has 0 amide bonds. The SMILES string of the molecule is CSC1NC(C)C(C)N1C. The van der Waals surface area contributed by atoms with Crippen LogP contribution >= 0.6 is 11.8 Å². The zero-order valence-corrected chi connectivity index (χ0v) is 7.90. The number of hydrogen-bond donors (Lipinski definition) is 1. The average molecular weight is 160 g/mol. The van der Waals surface area contributed by atoms with Crippen LogP contribution in [-0.4, -0.2) is 35.8 Å². The van der Waals surface area contributed by atoms with Gasteiger partial charge in [0.1, 0.15) is 5.50 Å². The number of hydrogen-bond acceptors (Lipinski definition) is 3. The zero-order valence-electron chi connectivity index (χ0n) is 7.09. The van der Waals surface area contributed by atoms with Crippen LogP contribution in [0.3, 0.4) is 0 Å². The summed E-state index contributed by atoms with van der Waals surface area (Å²) in [5.41, 5.74) is 0.519. The standard InChI is InChI=1S/C7H16N2S/c1-5-6(2)9(3)7(8-5)10-4/h5-8H,1-4H3. The van der Waals surface area contributed by atoms with Crippen LogP contribution in [0, 0.1) is 0 Å². The third-order valence-electron chi connectivity index (χ3n) is 2.36. The third-order valence-corrected chi connectivity index (χ3v) is 3.28. The molecule has 0 aromatic heterocycles. The molecule has 10 heavy (non-hydrogen) atoms. The molecule has 0 aromatic carbocycles. The smallest absolute Gasteiger partial charge is 0.108 e. The summed E-state index contributed by atoms with van der Waals surface area (Å²) in [5, 5.41) is 3.49. The van der Waals surface area contributed by atoms with Crippen LogP contribution < -0.4 is 5.32 Å². The molecule has 1 N–H and O–H groups in total. The summed E-state index contributed by atoms with van der Waals surface area (Å²) in [6, 6.07) is 1.29. The van der Waals surface area contributed by atoms with E-state index in [2.05, 4.69) is 37.4 Å². The lowest BCUT2D eigenvalue weighted by atomic mass is 10.2. The van der Waals surface area contributed by atoms with Gasteiger partial charge in [0.25, 0.3) is 0 Å². The second-order valence-corrected chi connectivity index (χ2v) is 3.87. The van der Waals surface area contributed by atoms with E-state index in [1.165, 1.54) is 0 Å². The van der Waals surface area contributed by atoms with E-state index in [9.17, 15) is 0 Å². The number of thioether (sulfide) groups is 1. The molecule has 0 radical (unpaired) electrons. The highest BCUT2D eigenvalue weighted by Gasteiger charge is 2.31. The highest BCUT2D eigenvalue weighted by Crippen LogP contribution is 2.20. The van der Waals surface area contributed by atoms with Crippen molar-refractivity contribution in [2.45, 2.75) is 31.4 Å². The Labute approximate surface area is 67.4 Å². The Kier molecular flexibility index (Phi) is 2.61. The molecule has 2 nitrogen and oxygen atoms in total. The molecule has 60 valence electrons. The van der Waals surface area contributed by atoms with Gasteiger partial charge in [-0.05, 0) is 27.2 Å². The van der Waals surface area contributed by atoms with Gasteiger partial charge in [-0.15, -0.1) is 11.8 Å². The molecular weight excluding hydrogens is 144 g/mol. The quantitative estimate of drug-likeness (QED) is 0.615. The lowest BCUT2D eigenvalue weighted by Crippen LogP contribution is -2.31. The van der Waals surface area contributed by atoms with Gasteiger partial charge < -0.3 is 0 Å². The lowest BCUT2D eigenvalue weighted by Gasteiger charge is -2.20. The van der Waals surface area contributed by atoms with E-state index in [0.717, 1.165) is 0 Å². The van der Waals surface area contributed by atoms with Crippen LogP contribution in [0.2, 0.25) is 0 Å². The van der Waals surface area contributed by atoms with E-state index in [0.29, 0.717) is 17.6 Å². The minimum atomic E-state index is 0.519. The van der Waals surface area contributed by atoms with E-state index in [1.54, 1.807) is 0 Å². The fourth-order valence-electron chi connectivity index (χ4n) is 1.28. The third kappa shape index (κ3) is 1.31. The fraction of sp³-hybridized carbons (Fsp3) is 1.00. The van der Waals surface area contributed by atoms with Crippen molar-refractivity contribution in [3.63, 3.8) is 0 Å². The second-order valence-electron chi connectivity index (χ2n) is 2.95. The first-order chi connectivity index (χ1) is 4.66. The molecule has 1 rings (SSSR count). The predicted molar refractivity (Wildman–Crippen MR) is 47.1 cm³/mol. The molecule has 0 bridgehead atoms. The van der Waals surface area contributed by atoms with E-state index in [4.69, 9.17) is 0 Å². The Morgan fingerprint density at radius 2 is 2.00 bits per heavy atom. The fourth-order valence-corrected chi connectivity index (χ4v) is 2.16. The molecular formula is C7H16N2S. The van der Waals surface area contributed by atoms with Crippen molar-refractivity contribution in [2.24, 2.45) is 0 Å². The lowest BCUT2D eigenvalue weighted by molar-refractivity contribution is 0.302. The normalized spacial score (nSPS) is 42.6. The number of rotatable bonds is 1. The summed E-state index contributed by atoms with van der Waals surface area (Å²) in [5.74, 6) is 0. The first-order valence-corrected chi connectivity index (χ1v) is 4.96. The maximum atomic E-state index is 3.49. The molecule has 1 saturated heterocycles. The highest BCUT2D eigenvalue weighted by atomic mass is 32.2. The van der Waals surface area contributed by atoms with Crippen molar-refractivity contribution in [1.29, 1.82) is 0 Å². The summed E-state index contributed by atoms with van der Waals surface area (Å²) in [6.07, 6.45) is 2.14. The molecule has 0 aliphatic carbocycles. The van der Waals surface area contributed by atoms with Crippen molar-refractivity contribution >= 4 is 11.8 Å². The van der Waals surface area contributed by atoms with Crippen molar-refractivity contribution in [3.05, 3.63) is 0 Å². The van der Waals surface area contributed by atoms with Crippen molar-refractivity contribution in [3.8, 4) is 0 Å². The molecule has 0 spiro atoms. The van der Waals surface area contributed by atoms with Crippen molar-refractivity contribution in [2.75, 3.05) is 13.3 Å². The van der Waals surface area contributed by atoms with Gasteiger partial charge in [0.2, 0.25) is 0 Å². The number of nitrogens with zero attached hydrogens (tertiary/aromatic N) is 1. The Bertz CT molecular complexity index is 118. The molecule has 1 aliphatic heterocycles. The molecule has 3 unspecified atom stereocenters. The van der Waals surface area contributed by atoms with Gasteiger partial charge in [-0.1, -0.05) is 0 Å². The molecule has 3 heteroatoms. The van der Waals surface area contributed by atoms with Gasteiger partial charge in [-0.25, -0.2) is 0 Å². The van der Waals surface area contributed by atoms with Gasteiger partial charge in [0.05, 0.1) is 0 Å². The molecule has 3 atom stereocenters. The van der Waals surface area contributed by atoms with Crippen LogP contribution in [0.1, 0.15) is 13.8 Å². The first kappa shape index (κ1) is 8.37. The van der Waals surface area contributed by atoms with Crippen LogP contribution in [0.5, 0.6) is 0 Å². The summed E-state index contributed by atoms with van der Waals surface area (Å²) in [4.78, 5) is 2.37. The van der Waals surface area contributed by atoms with E-state index >= 15 is 0 Å². The van der Waals surface area contributed by atoms with Gasteiger partial charge in [0.15, 0.2) is 0 Å². The Hall–Kier alpha value is 0.270. The molecule has 1 fully saturated rings. The van der Waals surface area contributed by atoms with Crippen LogP contribution in [-0.2, 0) is 0 Å². The van der Waals surface area contributed by atoms with Crippen molar-refractivity contribution < 1.29 is 0 Å². The summed E-state index contributed by atoms with van der Waals surface area (Å²) in [7, 11) is 2.17. The van der Waals surface area contributed by atoms with Crippen LogP contribution in [0.25, 0.3) is 0 Å². The Morgan fingerprint density at radius 3 is 2.20 bits per heavy atom. The second kappa shape index (κ2) is 3.11. The molecule has 1 heterocycles. The maximum Gasteiger partial charge on any atom is 0.108 e. The highest BCUT2D eigenvalue weighted by molar-refractivity contribution is 7.99.